The van der Waals surface area contributed by atoms with Gasteiger partial charge in [0.15, 0.2) is 0 Å². The van der Waals surface area contributed by atoms with Crippen LogP contribution in [-0.2, 0) is 6.42 Å². The van der Waals surface area contributed by atoms with E-state index < -0.39 is 0 Å². The van der Waals surface area contributed by atoms with Gasteiger partial charge in [-0.25, -0.2) is 0 Å². The van der Waals surface area contributed by atoms with Gasteiger partial charge < -0.3 is 4.74 Å². The Morgan fingerprint density at radius 3 is 2.78 bits per heavy atom. The molecule has 1 heterocycles. The van der Waals surface area contributed by atoms with Crippen LogP contribution in [-0.4, -0.2) is 11.0 Å². The molecule has 0 aromatic heterocycles. The summed E-state index contributed by atoms with van der Waals surface area (Å²) < 4.78 is 6.50. The minimum atomic E-state index is 0.0159. The van der Waals surface area contributed by atoms with Crippen molar-refractivity contribution in [2.24, 2.45) is 0 Å². The van der Waals surface area contributed by atoms with Gasteiger partial charge in [0.05, 0.1) is 0 Å². The van der Waals surface area contributed by atoms with Crippen LogP contribution in [0.4, 0.5) is 0 Å². The van der Waals surface area contributed by atoms with Crippen molar-refractivity contribution in [3.8, 4) is 5.75 Å². The van der Waals surface area contributed by atoms with Crippen LogP contribution >= 0.6 is 11.6 Å². The van der Waals surface area contributed by atoms with Crippen LogP contribution in [0, 0.1) is 6.92 Å². The van der Waals surface area contributed by atoms with E-state index in [2.05, 4.69) is 25.1 Å². The van der Waals surface area contributed by atoms with Crippen molar-refractivity contribution in [3.05, 3.63) is 29.3 Å². The van der Waals surface area contributed by atoms with E-state index in [1.54, 1.807) is 0 Å². The highest BCUT2D eigenvalue weighted by molar-refractivity contribution is 6.20. The standard InChI is InChI=1S/C16H21ClO/c1-12-6-5-7-13-10-14(17)11-16(18-15(12)13)8-3-2-4-9-16/h5-7,14H,2-4,8-11H2,1H3. The second kappa shape index (κ2) is 4.77. The van der Waals surface area contributed by atoms with E-state index in [0.29, 0.717) is 0 Å². The van der Waals surface area contributed by atoms with Gasteiger partial charge in [-0.2, -0.15) is 0 Å². The molecule has 2 aliphatic rings. The monoisotopic (exact) mass is 264 g/mol. The summed E-state index contributed by atoms with van der Waals surface area (Å²) in [6, 6.07) is 6.42. The van der Waals surface area contributed by atoms with Crippen LogP contribution in [0.15, 0.2) is 18.2 Å². The molecule has 98 valence electrons. The number of benzene rings is 1. The minimum Gasteiger partial charge on any atom is -0.487 e. The van der Waals surface area contributed by atoms with Crippen molar-refractivity contribution in [3.63, 3.8) is 0 Å². The number of ether oxygens (including phenoxy) is 1. The maximum absolute atomic E-state index is 6.54. The highest BCUT2D eigenvalue weighted by Crippen LogP contribution is 2.43. The number of aryl methyl sites for hydroxylation is 1. The van der Waals surface area contributed by atoms with Crippen LogP contribution in [0.1, 0.15) is 49.7 Å². The second-order valence-electron chi connectivity index (χ2n) is 5.91. The van der Waals surface area contributed by atoms with Gasteiger partial charge in [0.1, 0.15) is 11.4 Å². The van der Waals surface area contributed by atoms with Crippen LogP contribution in [0.5, 0.6) is 5.75 Å². The summed E-state index contributed by atoms with van der Waals surface area (Å²) in [6.45, 7) is 2.14. The van der Waals surface area contributed by atoms with Crippen LogP contribution in [0.3, 0.4) is 0 Å². The lowest BCUT2D eigenvalue weighted by Gasteiger charge is -2.38. The Bertz CT molecular complexity index is 435. The van der Waals surface area contributed by atoms with Crippen LogP contribution in [0.2, 0.25) is 0 Å². The lowest BCUT2D eigenvalue weighted by Crippen LogP contribution is -2.39. The molecule has 0 bridgehead atoms. The summed E-state index contributed by atoms with van der Waals surface area (Å²) in [6.07, 6.45) is 8.20. The maximum atomic E-state index is 6.54. The predicted octanol–water partition coefficient (Wildman–Crippen LogP) is 4.63. The maximum Gasteiger partial charge on any atom is 0.126 e. The highest BCUT2D eigenvalue weighted by Gasteiger charge is 2.39. The van der Waals surface area contributed by atoms with E-state index in [-0.39, 0.29) is 11.0 Å². The molecule has 0 N–H and O–H groups in total. The Labute approximate surface area is 114 Å². The average Bonchev–Trinajstić information content (AvgIpc) is 2.47. The van der Waals surface area contributed by atoms with E-state index in [0.717, 1.165) is 18.6 Å². The van der Waals surface area contributed by atoms with Gasteiger partial charge in [0, 0.05) is 11.8 Å². The van der Waals surface area contributed by atoms with Crippen molar-refractivity contribution in [1.82, 2.24) is 0 Å². The molecule has 1 atom stereocenters. The molecule has 0 amide bonds. The molecule has 1 aliphatic heterocycles. The predicted molar refractivity (Wildman–Crippen MR) is 75.6 cm³/mol. The first kappa shape index (κ1) is 12.3. The number of alkyl halides is 1. The lowest BCUT2D eigenvalue weighted by atomic mass is 9.81. The third kappa shape index (κ3) is 2.25. The normalized spacial score (nSPS) is 26.2. The molecule has 2 heteroatoms. The summed E-state index contributed by atoms with van der Waals surface area (Å²) in [5.41, 5.74) is 2.56. The molecule has 1 saturated carbocycles. The quantitative estimate of drug-likeness (QED) is 0.621. The fourth-order valence-corrected chi connectivity index (χ4v) is 3.94. The zero-order valence-corrected chi connectivity index (χ0v) is 11.8. The number of hydrogen-bond acceptors (Lipinski definition) is 1. The molecule has 0 radical (unpaired) electrons. The Kier molecular flexibility index (Phi) is 3.27. The molecule has 1 spiro atoms. The lowest BCUT2D eigenvalue weighted by molar-refractivity contribution is 0.0251. The van der Waals surface area contributed by atoms with E-state index in [4.69, 9.17) is 16.3 Å². The number of para-hydroxylation sites is 1. The minimum absolute atomic E-state index is 0.0159. The van der Waals surface area contributed by atoms with Crippen molar-refractivity contribution < 1.29 is 4.74 Å². The van der Waals surface area contributed by atoms with E-state index in [9.17, 15) is 0 Å². The molecule has 3 rings (SSSR count). The van der Waals surface area contributed by atoms with Crippen molar-refractivity contribution in [2.75, 3.05) is 0 Å². The van der Waals surface area contributed by atoms with Gasteiger partial charge in [-0.05, 0) is 50.2 Å². The molecule has 0 saturated heterocycles. The zero-order valence-electron chi connectivity index (χ0n) is 11.0. The van der Waals surface area contributed by atoms with Gasteiger partial charge in [0.2, 0.25) is 0 Å². The SMILES string of the molecule is Cc1cccc2c1OC1(CCCCC1)CC(Cl)C2. The molecular formula is C16H21ClO. The molecule has 1 aromatic rings. The Balaban J connectivity index is 1.99. The number of hydrogen-bond donors (Lipinski definition) is 0. The van der Waals surface area contributed by atoms with Gasteiger partial charge in [-0.1, -0.05) is 24.6 Å². The first-order valence-electron chi connectivity index (χ1n) is 7.10. The number of fused-ring (bicyclic) bond motifs is 1. The van der Waals surface area contributed by atoms with Crippen molar-refractivity contribution in [2.45, 2.75) is 62.8 Å². The Morgan fingerprint density at radius 1 is 1.22 bits per heavy atom. The fourth-order valence-electron chi connectivity index (χ4n) is 3.49. The fraction of sp³-hybridized carbons (Fsp3) is 0.625. The summed E-state index contributed by atoms with van der Waals surface area (Å²) in [5.74, 6) is 1.11. The van der Waals surface area contributed by atoms with E-state index in [1.807, 2.05) is 0 Å². The third-order valence-corrected chi connectivity index (χ3v) is 4.72. The third-order valence-electron chi connectivity index (χ3n) is 4.41. The van der Waals surface area contributed by atoms with E-state index in [1.165, 1.54) is 43.2 Å². The Hall–Kier alpha value is -0.690. The topological polar surface area (TPSA) is 9.23 Å². The molecule has 1 fully saturated rings. The molecule has 1 aromatic carbocycles. The first-order chi connectivity index (χ1) is 8.69. The van der Waals surface area contributed by atoms with Gasteiger partial charge >= 0.3 is 0 Å². The molecular weight excluding hydrogens is 244 g/mol. The zero-order chi connectivity index (χ0) is 12.6. The van der Waals surface area contributed by atoms with Crippen LogP contribution < -0.4 is 4.74 Å². The second-order valence-corrected chi connectivity index (χ2v) is 6.53. The van der Waals surface area contributed by atoms with Crippen LogP contribution in [0.25, 0.3) is 0 Å². The van der Waals surface area contributed by atoms with Gasteiger partial charge in [-0.15, -0.1) is 11.6 Å². The first-order valence-corrected chi connectivity index (χ1v) is 7.54. The number of rotatable bonds is 0. The van der Waals surface area contributed by atoms with Crippen molar-refractivity contribution >= 4 is 11.6 Å². The smallest absolute Gasteiger partial charge is 0.126 e. The highest BCUT2D eigenvalue weighted by atomic mass is 35.5. The van der Waals surface area contributed by atoms with E-state index >= 15 is 0 Å². The molecule has 1 unspecified atom stereocenters. The molecule has 1 nitrogen and oxygen atoms in total. The summed E-state index contributed by atoms with van der Waals surface area (Å²) in [7, 11) is 0. The average molecular weight is 265 g/mol. The summed E-state index contributed by atoms with van der Waals surface area (Å²) in [4.78, 5) is 0. The summed E-state index contributed by atoms with van der Waals surface area (Å²) >= 11 is 6.54. The Morgan fingerprint density at radius 2 is 2.00 bits per heavy atom. The molecule has 18 heavy (non-hydrogen) atoms. The largest absolute Gasteiger partial charge is 0.487 e. The van der Waals surface area contributed by atoms with Gasteiger partial charge in [0.25, 0.3) is 0 Å². The number of halogens is 1. The van der Waals surface area contributed by atoms with Gasteiger partial charge in [-0.3, -0.25) is 0 Å². The summed E-state index contributed by atoms with van der Waals surface area (Å²) in [5, 5.41) is 0.214. The van der Waals surface area contributed by atoms with Crippen molar-refractivity contribution in [1.29, 1.82) is 0 Å². The molecule has 1 aliphatic carbocycles.